The molecular formula is C31H37Cl2N3O6S. The molecule has 0 radical (unpaired) electrons. The fraction of sp³-hybridized carbons (Fsp3) is 0.355. The van der Waals surface area contributed by atoms with Gasteiger partial charge in [-0.25, -0.2) is 8.42 Å². The molecule has 2 atom stereocenters. The first-order valence-corrected chi connectivity index (χ1v) is 16.3. The minimum atomic E-state index is -4.00. The highest BCUT2D eigenvalue weighted by atomic mass is 35.5. The number of carbonyl (C=O) groups excluding carboxylic acids is 2. The first-order chi connectivity index (χ1) is 20.4. The number of amides is 2. The molecule has 0 saturated carbocycles. The number of hydrogen-bond donors (Lipinski definition) is 1. The lowest BCUT2D eigenvalue weighted by Gasteiger charge is -2.34. The topological polar surface area (TPSA) is 105 Å². The van der Waals surface area contributed by atoms with Crippen molar-refractivity contribution < 1.29 is 27.5 Å². The van der Waals surface area contributed by atoms with Gasteiger partial charge in [0.1, 0.15) is 24.1 Å². The van der Waals surface area contributed by atoms with Gasteiger partial charge in [0.05, 0.1) is 26.2 Å². The van der Waals surface area contributed by atoms with Crippen molar-refractivity contribution in [3.8, 4) is 11.5 Å². The van der Waals surface area contributed by atoms with Gasteiger partial charge >= 0.3 is 0 Å². The molecule has 0 bridgehead atoms. The number of ether oxygens (including phenoxy) is 2. The largest absolute Gasteiger partial charge is 0.497 e. The SMILES string of the molecule is CC[C@H](C)NC(=O)[C@H](Cc1ccccc1)N(Cc1c(Cl)cccc1Cl)C(=O)CN(c1ccc(OC)cc1OC)S(C)(=O)=O. The minimum Gasteiger partial charge on any atom is -0.497 e. The Balaban J connectivity index is 2.14. The van der Waals surface area contributed by atoms with Crippen molar-refractivity contribution in [3.05, 3.63) is 87.9 Å². The number of nitrogens with zero attached hydrogens (tertiary/aromatic N) is 2. The van der Waals surface area contributed by atoms with E-state index < -0.39 is 28.5 Å². The van der Waals surface area contributed by atoms with Gasteiger partial charge in [0.15, 0.2) is 0 Å². The third-order valence-electron chi connectivity index (χ3n) is 7.00. The highest BCUT2D eigenvalue weighted by Crippen LogP contribution is 2.34. The van der Waals surface area contributed by atoms with E-state index in [4.69, 9.17) is 32.7 Å². The lowest BCUT2D eigenvalue weighted by atomic mass is 10.0. The van der Waals surface area contributed by atoms with E-state index in [1.165, 1.54) is 31.3 Å². The van der Waals surface area contributed by atoms with Crippen molar-refractivity contribution >= 4 is 50.7 Å². The molecular weight excluding hydrogens is 613 g/mol. The van der Waals surface area contributed by atoms with Crippen molar-refractivity contribution in [3.63, 3.8) is 0 Å². The zero-order valence-electron chi connectivity index (χ0n) is 24.8. The number of halogens is 2. The lowest BCUT2D eigenvalue weighted by molar-refractivity contribution is -0.140. The fourth-order valence-electron chi connectivity index (χ4n) is 4.43. The number of sulfonamides is 1. The monoisotopic (exact) mass is 649 g/mol. The van der Waals surface area contributed by atoms with Crippen LogP contribution in [0.1, 0.15) is 31.4 Å². The average Bonchev–Trinajstić information content (AvgIpc) is 2.98. The summed E-state index contributed by atoms with van der Waals surface area (Å²) in [4.78, 5) is 29.5. The molecule has 0 aliphatic heterocycles. The third-order valence-corrected chi connectivity index (χ3v) is 8.83. The number of rotatable bonds is 14. The van der Waals surface area contributed by atoms with E-state index in [9.17, 15) is 18.0 Å². The van der Waals surface area contributed by atoms with E-state index in [2.05, 4.69) is 5.32 Å². The third kappa shape index (κ3) is 9.01. The van der Waals surface area contributed by atoms with Crippen LogP contribution in [0.3, 0.4) is 0 Å². The van der Waals surface area contributed by atoms with Crippen LogP contribution in [0.25, 0.3) is 0 Å². The fourth-order valence-corrected chi connectivity index (χ4v) is 5.80. The Hall–Kier alpha value is -3.47. The highest BCUT2D eigenvalue weighted by Gasteiger charge is 2.34. The molecule has 0 spiro atoms. The number of methoxy groups -OCH3 is 2. The number of nitrogens with one attached hydrogen (secondary N) is 1. The minimum absolute atomic E-state index is 0.138. The van der Waals surface area contributed by atoms with Gasteiger partial charge in [-0.15, -0.1) is 0 Å². The average molecular weight is 651 g/mol. The number of hydrogen-bond acceptors (Lipinski definition) is 6. The summed E-state index contributed by atoms with van der Waals surface area (Å²) >= 11 is 13.0. The quantitative estimate of drug-likeness (QED) is 0.253. The van der Waals surface area contributed by atoms with Crippen molar-refractivity contribution in [2.75, 3.05) is 31.3 Å². The van der Waals surface area contributed by atoms with Gasteiger partial charge in [-0.3, -0.25) is 13.9 Å². The van der Waals surface area contributed by atoms with Crippen LogP contribution in [0.15, 0.2) is 66.7 Å². The summed E-state index contributed by atoms with van der Waals surface area (Å²) in [7, 11) is -1.14. The molecule has 0 aliphatic carbocycles. The highest BCUT2D eigenvalue weighted by molar-refractivity contribution is 7.92. The van der Waals surface area contributed by atoms with Crippen molar-refractivity contribution in [2.45, 2.75) is 45.3 Å². The molecule has 3 aromatic carbocycles. The van der Waals surface area contributed by atoms with E-state index >= 15 is 0 Å². The Morgan fingerprint density at radius 1 is 0.953 bits per heavy atom. The molecule has 0 fully saturated rings. The molecule has 3 aromatic rings. The van der Waals surface area contributed by atoms with Gasteiger partial charge in [0, 0.05) is 40.7 Å². The Labute approximate surface area is 263 Å². The van der Waals surface area contributed by atoms with E-state index in [1.54, 1.807) is 24.3 Å². The summed E-state index contributed by atoms with van der Waals surface area (Å²) in [5.74, 6) is -0.393. The zero-order chi connectivity index (χ0) is 31.7. The van der Waals surface area contributed by atoms with Crippen LogP contribution in [0.4, 0.5) is 5.69 Å². The normalized spacial score (nSPS) is 12.6. The first kappa shape index (κ1) is 34.0. The molecule has 0 saturated heterocycles. The van der Waals surface area contributed by atoms with E-state index in [0.29, 0.717) is 27.8 Å². The van der Waals surface area contributed by atoms with Gasteiger partial charge in [-0.05, 0) is 43.2 Å². The summed E-state index contributed by atoms with van der Waals surface area (Å²) in [5.41, 5.74) is 1.38. The van der Waals surface area contributed by atoms with Gasteiger partial charge in [0.25, 0.3) is 0 Å². The molecule has 232 valence electrons. The van der Waals surface area contributed by atoms with Gasteiger partial charge in [-0.2, -0.15) is 0 Å². The smallest absolute Gasteiger partial charge is 0.244 e. The molecule has 9 nitrogen and oxygen atoms in total. The van der Waals surface area contributed by atoms with Gasteiger partial charge < -0.3 is 19.7 Å². The lowest BCUT2D eigenvalue weighted by Crippen LogP contribution is -2.54. The first-order valence-electron chi connectivity index (χ1n) is 13.7. The van der Waals surface area contributed by atoms with Crippen molar-refractivity contribution in [2.24, 2.45) is 0 Å². The maximum atomic E-state index is 14.3. The van der Waals surface area contributed by atoms with Crippen LogP contribution < -0.4 is 19.1 Å². The van der Waals surface area contributed by atoms with Crippen LogP contribution in [-0.2, 0) is 32.6 Å². The molecule has 2 amide bonds. The molecule has 0 unspecified atom stereocenters. The molecule has 0 aromatic heterocycles. The zero-order valence-corrected chi connectivity index (χ0v) is 27.2. The van der Waals surface area contributed by atoms with Crippen LogP contribution in [0, 0.1) is 0 Å². The summed E-state index contributed by atoms with van der Waals surface area (Å²) in [6, 6.07) is 17.6. The van der Waals surface area contributed by atoms with Crippen molar-refractivity contribution in [1.29, 1.82) is 0 Å². The van der Waals surface area contributed by atoms with E-state index in [-0.39, 0.29) is 36.4 Å². The summed E-state index contributed by atoms with van der Waals surface area (Å²) < 4.78 is 37.8. The van der Waals surface area contributed by atoms with E-state index in [1.807, 2.05) is 44.2 Å². The second-order valence-electron chi connectivity index (χ2n) is 10.1. The van der Waals surface area contributed by atoms with Gasteiger partial charge in [0.2, 0.25) is 21.8 Å². The number of carbonyl (C=O) groups is 2. The summed E-state index contributed by atoms with van der Waals surface area (Å²) in [5, 5.41) is 3.60. The van der Waals surface area contributed by atoms with Crippen LogP contribution >= 0.6 is 23.2 Å². The van der Waals surface area contributed by atoms with Crippen molar-refractivity contribution in [1.82, 2.24) is 10.2 Å². The van der Waals surface area contributed by atoms with Gasteiger partial charge in [-0.1, -0.05) is 66.5 Å². The Kier molecular flexibility index (Phi) is 12.1. The Morgan fingerprint density at radius 3 is 2.16 bits per heavy atom. The van der Waals surface area contributed by atoms with Crippen LogP contribution in [0.5, 0.6) is 11.5 Å². The Bertz CT molecular complexity index is 1500. The predicted molar refractivity (Wildman–Crippen MR) is 171 cm³/mol. The number of anilines is 1. The summed E-state index contributed by atoms with van der Waals surface area (Å²) in [6.45, 7) is 3.05. The molecule has 1 N–H and O–H groups in total. The molecule has 3 rings (SSSR count). The second kappa shape index (κ2) is 15.3. The maximum Gasteiger partial charge on any atom is 0.244 e. The molecule has 0 aliphatic rings. The second-order valence-corrected chi connectivity index (χ2v) is 12.8. The van der Waals surface area contributed by atoms with E-state index in [0.717, 1.165) is 16.1 Å². The Morgan fingerprint density at radius 2 is 1.60 bits per heavy atom. The number of benzene rings is 3. The predicted octanol–water partition coefficient (Wildman–Crippen LogP) is 5.33. The van der Waals surface area contributed by atoms with Crippen LogP contribution in [0.2, 0.25) is 10.0 Å². The maximum absolute atomic E-state index is 14.3. The molecule has 12 heteroatoms. The van der Waals surface area contributed by atoms with Crippen LogP contribution in [-0.4, -0.2) is 64.2 Å². The molecule has 43 heavy (non-hydrogen) atoms. The standard InChI is InChI=1S/C31H37Cl2N3O6S/c1-6-21(2)34-31(38)28(17-22-11-8-7-9-12-22)35(19-24-25(32)13-10-14-26(24)33)30(37)20-36(43(5,39)40)27-16-15-23(41-3)18-29(27)42-4/h7-16,18,21,28H,6,17,19-20H2,1-5H3,(H,34,38)/t21-,28-/m0/s1. The molecule has 0 heterocycles. The summed E-state index contributed by atoms with van der Waals surface area (Å²) in [6.07, 6.45) is 1.84.